The monoisotopic (exact) mass is 276 g/mol. The third kappa shape index (κ3) is 3.97. The fraction of sp³-hybridized carbons (Fsp3) is 0.647. The fourth-order valence-electron chi connectivity index (χ4n) is 3.11. The van der Waals surface area contributed by atoms with Crippen LogP contribution in [0.2, 0.25) is 0 Å². The van der Waals surface area contributed by atoms with Crippen molar-refractivity contribution >= 4 is 0 Å². The first-order valence-corrected chi connectivity index (χ1v) is 7.85. The predicted octanol–water partition coefficient (Wildman–Crippen LogP) is 3.22. The van der Waals surface area contributed by atoms with E-state index < -0.39 is 0 Å². The van der Waals surface area contributed by atoms with Crippen LogP contribution in [0.1, 0.15) is 44.2 Å². The molecule has 3 heteroatoms. The van der Waals surface area contributed by atoms with Gasteiger partial charge in [0.2, 0.25) is 0 Å². The molecule has 0 radical (unpaired) electrons. The molecule has 112 valence electrons. The van der Waals surface area contributed by atoms with Crippen LogP contribution in [0, 0.1) is 0 Å². The zero-order chi connectivity index (χ0) is 14.4. The molecule has 0 saturated heterocycles. The highest BCUT2D eigenvalue weighted by atomic mass is 16.5. The Morgan fingerprint density at radius 3 is 2.45 bits per heavy atom. The molecule has 0 aliphatic heterocycles. The van der Waals surface area contributed by atoms with Gasteiger partial charge in [0.25, 0.3) is 0 Å². The van der Waals surface area contributed by atoms with Crippen molar-refractivity contribution in [2.75, 3.05) is 27.2 Å². The number of nitrogens with one attached hydrogen (secondary N) is 1. The second-order valence-electron chi connectivity index (χ2n) is 5.72. The molecular formula is C17H28N2O. The lowest BCUT2D eigenvalue weighted by Gasteiger charge is -2.29. The van der Waals surface area contributed by atoms with E-state index in [1.54, 1.807) is 0 Å². The second kappa shape index (κ2) is 7.65. The molecule has 1 unspecified atom stereocenters. The van der Waals surface area contributed by atoms with Gasteiger partial charge in [-0.05, 0) is 51.6 Å². The Labute approximate surface area is 123 Å². The summed E-state index contributed by atoms with van der Waals surface area (Å²) >= 11 is 0. The predicted molar refractivity (Wildman–Crippen MR) is 84.3 cm³/mol. The minimum absolute atomic E-state index is 0.385. The molecule has 20 heavy (non-hydrogen) atoms. The van der Waals surface area contributed by atoms with Crippen LogP contribution in [-0.4, -0.2) is 38.2 Å². The largest absolute Gasteiger partial charge is 0.494 e. The summed E-state index contributed by atoms with van der Waals surface area (Å²) in [6, 6.07) is 9.64. The van der Waals surface area contributed by atoms with Gasteiger partial charge in [0.1, 0.15) is 5.75 Å². The summed E-state index contributed by atoms with van der Waals surface area (Å²) in [5.41, 5.74) is 1.33. The zero-order valence-electron chi connectivity index (χ0n) is 13.1. The molecule has 1 aromatic rings. The molecule has 0 bridgehead atoms. The van der Waals surface area contributed by atoms with Gasteiger partial charge in [0.05, 0.1) is 6.61 Å². The van der Waals surface area contributed by atoms with Gasteiger partial charge >= 0.3 is 0 Å². The zero-order valence-corrected chi connectivity index (χ0v) is 13.1. The first kappa shape index (κ1) is 15.3. The quantitative estimate of drug-likeness (QED) is 0.827. The van der Waals surface area contributed by atoms with Crippen LogP contribution >= 0.6 is 0 Å². The highest BCUT2D eigenvalue weighted by molar-refractivity contribution is 5.29. The lowest BCUT2D eigenvalue weighted by Crippen LogP contribution is -2.36. The lowest BCUT2D eigenvalue weighted by atomic mass is 10.1. The summed E-state index contributed by atoms with van der Waals surface area (Å²) in [6.07, 6.45) is 5.50. The van der Waals surface area contributed by atoms with E-state index in [9.17, 15) is 0 Å². The van der Waals surface area contributed by atoms with Crippen LogP contribution in [0.5, 0.6) is 5.75 Å². The number of hydrogen-bond donors (Lipinski definition) is 1. The molecule has 0 aromatic heterocycles. The Kier molecular flexibility index (Phi) is 5.86. The molecule has 0 heterocycles. The molecule has 1 atom stereocenters. The van der Waals surface area contributed by atoms with Gasteiger partial charge in [0.15, 0.2) is 0 Å². The van der Waals surface area contributed by atoms with E-state index in [2.05, 4.69) is 41.5 Å². The van der Waals surface area contributed by atoms with Crippen LogP contribution in [0.3, 0.4) is 0 Å². The van der Waals surface area contributed by atoms with E-state index in [0.717, 1.165) is 24.9 Å². The Hall–Kier alpha value is -1.06. The van der Waals surface area contributed by atoms with E-state index in [4.69, 9.17) is 4.74 Å². The van der Waals surface area contributed by atoms with Gasteiger partial charge < -0.3 is 15.0 Å². The van der Waals surface area contributed by atoms with Crippen molar-refractivity contribution in [1.29, 1.82) is 0 Å². The van der Waals surface area contributed by atoms with Crippen LogP contribution in [0.25, 0.3) is 0 Å². The van der Waals surface area contributed by atoms with Crippen LogP contribution < -0.4 is 10.1 Å². The fourth-order valence-corrected chi connectivity index (χ4v) is 3.11. The highest BCUT2D eigenvalue weighted by Crippen LogP contribution is 2.25. The number of likely N-dealkylation sites (N-methyl/N-ethyl adjacent to an activating group) is 2. The van der Waals surface area contributed by atoms with Gasteiger partial charge in [-0.3, -0.25) is 0 Å². The minimum atomic E-state index is 0.385. The smallest absolute Gasteiger partial charge is 0.119 e. The molecule has 1 saturated carbocycles. The van der Waals surface area contributed by atoms with Gasteiger partial charge in [-0.25, -0.2) is 0 Å². The maximum Gasteiger partial charge on any atom is 0.119 e. The number of rotatable bonds is 7. The van der Waals surface area contributed by atoms with E-state index in [1.165, 1.54) is 31.2 Å². The lowest BCUT2D eigenvalue weighted by molar-refractivity contribution is 0.222. The summed E-state index contributed by atoms with van der Waals surface area (Å²) in [7, 11) is 4.30. The summed E-state index contributed by atoms with van der Waals surface area (Å²) in [6.45, 7) is 3.80. The van der Waals surface area contributed by atoms with Crippen LogP contribution in [0.4, 0.5) is 0 Å². The molecule has 0 amide bonds. The molecule has 1 fully saturated rings. The van der Waals surface area contributed by atoms with Crippen molar-refractivity contribution < 1.29 is 4.74 Å². The molecule has 1 aliphatic rings. The van der Waals surface area contributed by atoms with Crippen molar-refractivity contribution in [1.82, 2.24) is 10.2 Å². The van der Waals surface area contributed by atoms with Crippen molar-refractivity contribution in [3.05, 3.63) is 29.8 Å². The minimum Gasteiger partial charge on any atom is -0.494 e. The van der Waals surface area contributed by atoms with Crippen molar-refractivity contribution in [2.24, 2.45) is 0 Å². The normalized spacial score (nSPS) is 17.6. The van der Waals surface area contributed by atoms with E-state index in [-0.39, 0.29) is 0 Å². The summed E-state index contributed by atoms with van der Waals surface area (Å²) < 4.78 is 5.51. The maximum absolute atomic E-state index is 5.51. The number of nitrogens with zero attached hydrogens (tertiary/aromatic N) is 1. The molecule has 1 N–H and O–H groups in total. The van der Waals surface area contributed by atoms with Gasteiger partial charge in [-0.2, -0.15) is 0 Å². The SMILES string of the molecule is CCOc1ccc(C(CN(C)C2CCCC2)NC)cc1. The van der Waals surface area contributed by atoms with Crippen molar-refractivity contribution in [3.8, 4) is 5.75 Å². The number of benzene rings is 1. The third-order valence-corrected chi connectivity index (χ3v) is 4.36. The molecule has 1 aliphatic carbocycles. The third-order valence-electron chi connectivity index (χ3n) is 4.36. The average molecular weight is 276 g/mol. The number of hydrogen-bond acceptors (Lipinski definition) is 3. The van der Waals surface area contributed by atoms with Gasteiger partial charge in [0, 0.05) is 18.6 Å². The summed E-state index contributed by atoms with van der Waals surface area (Å²) in [5, 5.41) is 3.44. The van der Waals surface area contributed by atoms with Crippen LogP contribution in [-0.2, 0) is 0 Å². The molecule has 3 nitrogen and oxygen atoms in total. The van der Waals surface area contributed by atoms with Crippen LogP contribution in [0.15, 0.2) is 24.3 Å². The first-order valence-electron chi connectivity index (χ1n) is 7.85. The van der Waals surface area contributed by atoms with Crippen molar-refractivity contribution in [3.63, 3.8) is 0 Å². The second-order valence-corrected chi connectivity index (χ2v) is 5.72. The molecular weight excluding hydrogens is 248 g/mol. The van der Waals surface area contributed by atoms with Gasteiger partial charge in [-0.1, -0.05) is 25.0 Å². The number of ether oxygens (including phenoxy) is 1. The van der Waals surface area contributed by atoms with Gasteiger partial charge in [-0.15, -0.1) is 0 Å². The highest BCUT2D eigenvalue weighted by Gasteiger charge is 2.22. The standard InChI is InChI=1S/C17H28N2O/c1-4-20-16-11-9-14(10-12-16)17(18-2)13-19(3)15-7-5-6-8-15/h9-12,15,17-18H,4-8,13H2,1-3H3. The molecule has 0 spiro atoms. The average Bonchev–Trinajstić information content (AvgIpc) is 3.00. The molecule has 2 rings (SSSR count). The Balaban J connectivity index is 1.96. The van der Waals surface area contributed by atoms with E-state index >= 15 is 0 Å². The maximum atomic E-state index is 5.51. The first-order chi connectivity index (χ1) is 9.74. The Morgan fingerprint density at radius 2 is 1.90 bits per heavy atom. The summed E-state index contributed by atoms with van der Waals surface area (Å²) in [5.74, 6) is 0.954. The van der Waals surface area contributed by atoms with E-state index in [1.807, 2.05) is 14.0 Å². The Bertz CT molecular complexity index is 384. The van der Waals surface area contributed by atoms with Crippen molar-refractivity contribution in [2.45, 2.75) is 44.7 Å². The van der Waals surface area contributed by atoms with E-state index in [0.29, 0.717) is 6.04 Å². The molecule has 1 aromatic carbocycles. The Morgan fingerprint density at radius 1 is 1.25 bits per heavy atom. The topological polar surface area (TPSA) is 24.5 Å². The summed E-state index contributed by atoms with van der Waals surface area (Å²) in [4.78, 5) is 2.52.